The summed E-state index contributed by atoms with van der Waals surface area (Å²) in [4.78, 5) is 10.7. The van der Waals surface area contributed by atoms with Crippen LogP contribution in [0.2, 0.25) is 0 Å². The first-order valence-electron chi connectivity index (χ1n) is 3.95. The maximum atomic E-state index is 10.7. The predicted octanol–water partition coefficient (Wildman–Crippen LogP) is 1.35. The van der Waals surface area contributed by atoms with Gasteiger partial charge in [0.1, 0.15) is 6.10 Å². The molecule has 1 aliphatic carbocycles. The molecule has 1 heterocycles. The number of fused-ring (bicyclic) bond motifs is 1. The summed E-state index contributed by atoms with van der Waals surface area (Å²) in [7, 11) is 0. The zero-order valence-electron chi connectivity index (χ0n) is 6.17. The summed E-state index contributed by atoms with van der Waals surface area (Å²) >= 11 is 0. The van der Waals surface area contributed by atoms with Crippen LogP contribution >= 0.6 is 0 Å². The third-order valence-corrected chi connectivity index (χ3v) is 2.58. The molecule has 0 aromatic carbocycles. The van der Waals surface area contributed by atoms with Crippen LogP contribution in [0.1, 0.15) is 26.2 Å². The van der Waals surface area contributed by atoms with Crippen molar-refractivity contribution in [2.45, 2.75) is 32.3 Å². The molecule has 56 valence electrons. The van der Waals surface area contributed by atoms with E-state index in [1.54, 1.807) is 0 Å². The second kappa shape index (κ2) is 1.97. The van der Waals surface area contributed by atoms with Gasteiger partial charge < -0.3 is 4.74 Å². The number of ether oxygens (including phenoxy) is 1. The van der Waals surface area contributed by atoms with Crippen molar-refractivity contribution in [2.24, 2.45) is 11.8 Å². The fraction of sp³-hybridized carbons (Fsp3) is 0.875. The minimum absolute atomic E-state index is 0.0156. The van der Waals surface area contributed by atoms with Crippen molar-refractivity contribution in [3.8, 4) is 0 Å². The molecule has 2 fully saturated rings. The minimum atomic E-state index is 0.0156. The molecule has 2 nitrogen and oxygen atoms in total. The predicted molar refractivity (Wildman–Crippen MR) is 36.4 cm³/mol. The molecule has 1 saturated carbocycles. The summed E-state index contributed by atoms with van der Waals surface area (Å²) in [6, 6.07) is 0. The molecule has 0 aromatic heterocycles. The van der Waals surface area contributed by atoms with Crippen LogP contribution in [0.25, 0.3) is 0 Å². The molecule has 2 aliphatic rings. The van der Waals surface area contributed by atoms with Crippen molar-refractivity contribution >= 4 is 5.97 Å². The van der Waals surface area contributed by atoms with Gasteiger partial charge in [-0.1, -0.05) is 6.92 Å². The molecule has 0 aromatic rings. The SMILES string of the molecule is C[C@@H]1C[C@H]2CC(=O)O[C@H]2C1. The lowest BCUT2D eigenvalue weighted by Gasteiger charge is -2.04. The number of hydrogen-bond acceptors (Lipinski definition) is 2. The first-order chi connectivity index (χ1) is 4.75. The largest absolute Gasteiger partial charge is 0.462 e. The number of hydrogen-bond donors (Lipinski definition) is 0. The molecule has 0 radical (unpaired) electrons. The lowest BCUT2D eigenvalue weighted by Crippen LogP contribution is -2.07. The van der Waals surface area contributed by atoms with Crippen LogP contribution in [0.3, 0.4) is 0 Å². The Kier molecular flexibility index (Phi) is 1.22. The third-order valence-electron chi connectivity index (χ3n) is 2.58. The quantitative estimate of drug-likeness (QED) is 0.475. The van der Waals surface area contributed by atoms with E-state index in [0.29, 0.717) is 12.3 Å². The van der Waals surface area contributed by atoms with Crippen LogP contribution in [-0.2, 0) is 9.53 Å². The Morgan fingerprint density at radius 1 is 1.50 bits per heavy atom. The maximum Gasteiger partial charge on any atom is 0.306 e. The third kappa shape index (κ3) is 0.825. The van der Waals surface area contributed by atoms with E-state index < -0.39 is 0 Å². The molecule has 2 heteroatoms. The Hall–Kier alpha value is -0.530. The van der Waals surface area contributed by atoms with Crippen molar-refractivity contribution in [2.75, 3.05) is 0 Å². The first kappa shape index (κ1) is 6.20. The van der Waals surface area contributed by atoms with Gasteiger partial charge in [0.15, 0.2) is 0 Å². The van der Waals surface area contributed by atoms with Crippen molar-refractivity contribution in [1.82, 2.24) is 0 Å². The van der Waals surface area contributed by atoms with E-state index in [-0.39, 0.29) is 12.1 Å². The van der Waals surface area contributed by atoms with Crippen molar-refractivity contribution in [3.63, 3.8) is 0 Å². The monoisotopic (exact) mass is 140 g/mol. The maximum absolute atomic E-state index is 10.7. The van der Waals surface area contributed by atoms with Crippen LogP contribution in [0.15, 0.2) is 0 Å². The van der Waals surface area contributed by atoms with Gasteiger partial charge in [0.2, 0.25) is 0 Å². The van der Waals surface area contributed by atoms with Gasteiger partial charge in [-0.2, -0.15) is 0 Å². The molecular formula is C8H12O2. The molecule has 2 rings (SSSR count). The van der Waals surface area contributed by atoms with Gasteiger partial charge in [-0.05, 0) is 18.8 Å². The summed E-state index contributed by atoms with van der Waals surface area (Å²) in [5, 5.41) is 0. The van der Waals surface area contributed by atoms with Gasteiger partial charge >= 0.3 is 5.97 Å². The van der Waals surface area contributed by atoms with Crippen LogP contribution in [0.4, 0.5) is 0 Å². The zero-order valence-corrected chi connectivity index (χ0v) is 6.17. The van der Waals surface area contributed by atoms with E-state index in [2.05, 4.69) is 6.92 Å². The molecule has 3 atom stereocenters. The van der Waals surface area contributed by atoms with Crippen molar-refractivity contribution in [3.05, 3.63) is 0 Å². The summed E-state index contributed by atoms with van der Waals surface area (Å²) < 4.78 is 5.12. The van der Waals surface area contributed by atoms with Crippen molar-refractivity contribution in [1.29, 1.82) is 0 Å². The van der Waals surface area contributed by atoms with Gasteiger partial charge in [0, 0.05) is 5.92 Å². The second-order valence-electron chi connectivity index (χ2n) is 3.57. The molecule has 0 spiro atoms. The molecule has 0 bridgehead atoms. The van der Waals surface area contributed by atoms with Gasteiger partial charge in [0.05, 0.1) is 6.42 Å². The highest BCUT2D eigenvalue weighted by Crippen LogP contribution is 2.39. The van der Waals surface area contributed by atoms with E-state index in [4.69, 9.17) is 4.74 Å². The number of rotatable bonds is 0. The molecular weight excluding hydrogens is 128 g/mol. The summed E-state index contributed by atoms with van der Waals surface area (Å²) in [6.07, 6.45) is 3.24. The van der Waals surface area contributed by atoms with Crippen LogP contribution in [-0.4, -0.2) is 12.1 Å². The van der Waals surface area contributed by atoms with Gasteiger partial charge in [-0.25, -0.2) is 0 Å². The second-order valence-corrected chi connectivity index (χ2v) is 3.57. The van der Waals surface area contributed by atoms with Gasteiger partial charge in [-0.15, -0.1) is 0 Å². The van der Waals surface area contributed by atoms with E-state index in [0.717, 1.165) is 12.3 Å². The van der Waals surface area contributed by atoms with E-state index in [9.17, 15) is 4.79 Å². The molecule has 1 saturated heterocycles. The van der Waals surface area contributed by atoms with E-state index in [1.165, 1.54) is 6.42 Å². The Bertz CT molecular complexity index is 149. The molecule has 0 unspecified atom stereocenters. The van der Waals surface area contributed by atoms with Gasteiger partial charge in [0.25, 0.3) is 0 Å². The Morgan fingerprint density at radius 2 is 2.30 bits per heavy atom. The van der Waals surface area contributed by atoms with Crippen LogP contribution < -0.4 is 0 Å². The summed E-state index contributed by atoms with van der Waals surface area (Å²) in [6.45, 7) is 2.23. The molecule has 1 aliphatic heterocycles. The Labute approximate surface area is 60.6 Å². The van der Waals surface area contributed by atoms with Crippen LogP contribution in [0, 0.1) is 11.8 Å². The highest BCUT2D eigenvalue weighted by molar-refractivity contribution is 5.72. The normalized spacial score (nSPS) is 45.3. The zero-order chi connectivity index (χ0) is 7.14. The first-order valence-corrected chi connectivity index (χ1v) is 3.95. The average molecular weight is 140 g/mol. The molecule has 0 amide bonds. The number of esters is 1. The molecule has 0 N–H and O–H groups in total. The highest BCUT2D eigenvalue weighted by Gasteiger charge is 2.41. The standard InChI is InChI=1S/C8H12O2/c1-5-2-6-4-8(9)10-7(6)3-5/h5-7H,2-4H2,1H3/t5-,6+,7+/m1/s1. The minimum Gasteiger partial charge on any atom is -0.462 e. The topological polar surface area (TPSA) is 26.3 Å². The highest BCUT2D eigenvalue weighted by atomic mass is 16.5. The lowest BCUT2D eigenvalue weighted by molar-refractivity contribution is -0.141. The summed E-state index contributed by atoms with van der Waals surface area (Å²) in [5.41, 5.74) is 0. The summed E-state index contributed by atoms with van der Waals surface area (Å²) in [5.74, 6) is 1.34. The average Bonchev–Trinajstić information content (AvgIpc) is 2.21. The molecule has 10 heavy (non-hydrogen) atoms. The van der Waals surface area contributed by atoms with Crippen LogP contribution in [0.5, 0.6) is 0 Å². The number of carbonyl (C=O) groups is 1. The fourth-order valence-corrected chi connectivity index (χ4v) is 2.14. The van der Waals surface area contributed by atoms with E-state index >= 15 is 0 Å². The number of carbonyl (C=O) groups excluding carboxylic acids is 1. The lowest BCUT2D eigenvalue weighted by atomic mass is 10.0. The van der Waals surface area contributed by atoms with Crippen molar-refractivity contribution < 1.29 is 9.53 Å². The van der Waals surface area contributed by atoms with E-state index in [1.807, 2.05) is 0 Å². The smallest absolute Gasteiger partial charge is 0.306 e. The fourth-order valence-electron chi connectivity index (χ4n) is 2.14. The van der Waals surface area contributed by atoms with Gasteiger partial charge in [-0.3, -0.25) is 4.79 Å². The Balaban J connectivity index is 2.06. The Morgan fingerprint density at radius 3 is 3.00 bits per heavy atom.